The van der Waals surface area contributed by atoms with E-state index in [4.69, 9.17) is 23.2 Å². The van der Waals surface area contributed by atoms with E-state index >= 15 is 0 Å². The number of hydrogen-bond donors (Lipinski definition) is 1. The van der Waals surface area contributed by atoms with Gasteiger partial charge >= 0.3 is 0 Å². The molecule has 1 N–H and O–H groups in total. The third kappa shape index (κ3) is 7.42. The first kappa shape index (κ1) is 30.9. The van der Waals surface area contributed by atoms with Crippen LogP contribution in [0.2, 0.25) is 10.0 Å². The Labute approximate surface area is 252 Å². The number of para-hydroxylation sites is 1. The Hall–Kier alpha value is -3.07. The zero-order valence-electron chi connectivity index (χ0n) is 23.2. The van der Waals surface area contributed by atoms with Crippen molar-refractivity contribution in [2.24, 2.45) is 0 Å². The van der Waals surface area contributed by atoms with Gasteiger partial charge in [-0.1, -0.05) is 84.9 Å². The third-order valence-electron chi connectivity index (χ3n) is 7.50. The zero-order valence-corrected chi connectivity index (χ0v) is 25.6. The monoisotopic (exact) mass is 615 g/mol. The van der Waals surface area contributed by atoms with Crippen molar-refractivity contribution in [2.45, 2.75) is 69.5 Å². The molecule has 0 bridgehead atoms. The number of nitrogens with zero attached hydrogens (tertiary/aromatic N) is 2. The molecule has 1 aliphatic carbocycles. The second-order valence-corrected chi connectivity index (χ2v) is 13.0. The van der Waals surface area contributed by atoms with E-state index in [0.717, 1.165) is 36.4 Å². The summed E-state index contributed by atoms with van der Waals surface area (Å²) in [4.78, 5) is 29.0. The molecule has 41 heavy (non-hydrogen) atoms. The maximum Gasteiger partial charge on any atom is 0.264 e. The minimum atomic E-state index is -4.13. The van der Waals surface area contributed by atoms with Crippen LogP contribution < -0.4 is 9.62 Å². The summed E-state index contributed by atoms with van der Waals surface area (Å²) in [7, 11) is -4.13. The molecule has 0 heterocycles. The van der Waals surface area contributed by atoms with E-state index in [1.807, 2.05) is 0 Å². The number of anilines is 1. The predicted octanol–water partition coefficient (Wildman–Crippen LogP) is 6.36. The molecule has 0 spiro atoms. The summed E-state index contributed by atoms with van der Waals surface area (Å²) in [6.45, 7) is 2.84. The van der Waals surface area contributed by atoms with Gasteiger partial charge in [0, 0.05) is 28.2 Å². The van der Waals surface area contributed by atoms with Gasteiger partial charge in [-0.15, -0.1) is 0 Å². The molecule has 0 saturated heterocycles. The fraction of sp³-hybridized carbons (Fsp3) is 0.355. The van der Waals surface area contributed by atoms with Crippen molar-refractivity contribution in [3.05, 3.63) is 94.0 Å². The number of hydrogen-bond acceptors (Lipinski definition) is 4. The number of aryl methyl sites for hydroxylation is 1. The lowest BCUT2D eigenvalue weighted by molar-refractivity contribution is -0.139. The van der Waals surface area contributed by atoms with Gasteiger partial charge in [0.25, 0.3) is 10.0 Å². The molecular formula is C31H35Cl2N3O4S. The highest BCUT2D eigenvalue weighted by molar-refractivity contribution is 7.92. The van der Waals surface area contributed by atoms with Crippen LogP contribution in [0.5, 0.6) is 0 Å². The molecular weight excluding hydrogens is 581 g/mol. The number of halogens is 2. The number of carbonyl (C=O) groups is 2. The molecule has 0 radical (unpaired) electrons. The molecule has 2 amide bonds. The van der Waals surface area contributed by atoms with E-state index in [-0.39, 0.29) is 23.4 Å². The van der Waals surface area contributed by atoms with Crippen LogP contribution in [0.4, 0.5) is 5.69 Å². The van der Waals surface area contributed by atoms with Crippen molar-refractivity contribution >= 4 is 50.7 Å². The van der Waals surface area contributed by atoms with Crippen molar-refractivity contribution < 1.29 is 18.0 Å². The average Bonchev–Trinajstić information content (AvgIpc) is 2.96. The molecule has 4 rings (SSSR count). The van der Waals surface area contributed by atoms with Crippen LogP contribution in [0.25, 0.3) is 0 Å². The van der Waals surface area contributed by atoms with Gasteiger partial charge in [-0.05, 0) is 62.6 Å². The zero-order chi connectivity index (χ0) is 29.6. The highest BCUT2D eigenvalue weighted by Crippen LogP contribution is 2.29. The van der Waals surface area contributed by atoms with Gasteiger partial charge in [-0.25, -0.2) is 8.42 Å². The smallest absolute Gasteiger partial charge is 0.264 e. The Balaban J connectivity index is 1.71. The van der Waals surface area contributed by atoms with Crippen LogP contribution in [0.15, 0.2) is 77.7 Å². The van der Waals surface area contributed by atoms with Gasteiger partial charge in [0.05, 0.1) is 10.6 Å². The second-order valence-electron chi connectivity index (χ2n) is 10.4. The van der Waals surface area contributed by atoms with Crippen molar-refractivity contribution in [2.75, 3.05) is 10.8 Å². The standard InChI is InChI=1S/C31H35Cl2N3O4S/c1-22-12-9-10-19-29(22)36(41(39,40)25-15-7-4-8-16-25)21-30(37)35(20-26-27(32)17-11-18-28(26)33)23(2)31(38)34-24-13-5-3-6-14-24/h4,7-12,15-19,23-24H,3,5-6,13-14,20-21H2,1-2H3,(H,34,38)/t23-/m0/s1. The topological polar surface area (TPSA) is 86.8 Å². The summed E-state index contributed by atoms with van der Waals surface area (Å²) in [5.41, 5.74) is 1.54. The van der Waals surface area contributed by atoms with E-state index in [9.17, 15) is 18.0 Å². The maximum atomic E-state index is 14.1. The van der Waals surface area contributed by atoms with Gasteiger partial charge < -0.3 is 10.2 Å². The van der Waals surface area contributed by atoms with Crippen LogP contribution >= 0.6 is 23.2 Å². The van der Waals surface area contributed by atoms with Crippen LogP contribution in [-0.4, -0.2) is 43.8 Å². The Morgan fingerprint density at radius 2 is 1.51 bits per heavy atom. The SMILES string of the molecule is Cc1ccccc1N(CC(=O)N(Cc1c(Cl)cccc1Cl)[C@@H](C)C(=O)NC1CCCCC1)S(=O)(=O)c1ccccc1. The van der Waals surface area contributed by atoms with Crippen LogP contribution in [-0.2, 0) is 26.2 Å². The molecule has 10 heteroatoms. The van der Waals surface area contributed by atoms with Crippen molar-refractivity contribution in [1.82, 2.24) is 10.2 Å². The number of nitrogens with one attached hydrogen (secondary N) is 1. The average molecular weight is 617 g/mol. The molecule has 3 aromatic carbocycles. The van der Waals surface area contributed by atoms with Crippen LogP contribution in [0.1, 0.15) is 50.2 Å². The predicted molar refractivity (Wildman–Crippen MR) is 164 cm³/mol. The molecule has 7 nitrogen and oxygen atoms in total. The van der Waals surface area contributed by atoms with Crippen molar-refractivity contribution in [3.63, 3.8) is 0 Å². The molecule has 1 fully saturated rings. The number of benzene rings is 3. The van der Waals surface area contributed by atoms with Gasteiger partial charge in [-0.2, -0.15) is 0 Å². The lowest BCUT2D eigenvalue weighted by Gasteiger charge is -2.34. The first-order chi connectivity index (χ1) is 19.6. The maximum absolute atomic E-state index is 14.1. The minimum Gasteiger partial charge on any atom is -0.352 e. The third-order valence-corrected chi connectivity index (χ3v) is 9.99. The first-order valence-electron chi connectivity index (χ1n) is 13.8. The Bertz CT molecular complexity index is 1460. The number of rotatable bonds is 10. The molecule has 0 aliphatic heterocycles. The molecule has 0 unspecified atom stereocenters. The van der Waals surface area contributed by atoms with E-state index in [2.05, 4.69) is 5.32 Å². The highest BCUT2D eigenvalue weighted by Gasteiger charge is 2.34. The van der Waals surface area contributed by atoms with Gasteiger partial charge in [0.2, 0.25) is 11.8 Å². The minimum absolute atomic E-state index is 0.0430. The first-order valence-corrected chi connectivity index (χ1v) is 16.0. The molecule has 0 aromatic heterocycles. The quantitative estimate of drug-likeness (QED) is 0.287. The highest BCUT2D eigenvalue weighted by atomic mass is 35.5. The Morgan fingerprint density at radius 3 is 2.15 bits per heavy atom. The summed E-state index contributed by atoms with van der Waals surface area (Å²) in [6, 6.07) is 19.1. The summed E-state index contributed by atoms with van der Waals surface area (Å²) in [5, 5.41) is 3.79. The van der Waals surface area contributed by atoms with E-state index in [1.54, 1.807) is 74.5 Å². The van der Waals surface area contributed by atoms with Gasteiger partial charge in [0.1, 0.15) is 12.6 Å². The van der Waals surface area contributed by atoms with E-state index in [1.165, 1.54) is 17.0 Å². The van der Waals surface area contributed by atoms with Crippen molar-refractivity contribution in [1.29, 1.82) is 0 Å². The summed E-state index contributed by atoms with van der Waals surface area (Å²) in [5.74, 6) is -0.864. The van der Waals surface area contributed by atoms with Crippen LogP contribution in [0.3, 0.4) is 0 Å². The second kappa shape index (κ2) is 13.7. The summed E-state index contributed by atoms with van der Waals surface area (Å²) >= 11 is 12.9. The fourth-order valence-electron chi connectivity index (χ4n) is 5.08. The Morgan fingerprint density at radius 1 is 0.902 bits per heavy atom. The summed E-state index contributed by atoms with van der Waals surface area (Å²) in [6.07, 6.45) is 5.00. The van der Waals surface area contributed by atoms with E-state index in [0.29, 0.717) is 26.9 Å². The normalized spacial score (nSPS) is 14.7. The van der Waals surface area contributed by atoms with Gasteiger partial charge in [0.15, 0.2) is 0 Å². The molecule has 1 atom stereocenters. The largest absolute Gasteiger partial charge is 0.352 e. The number of sulfonamides is 1. The number of carbonyl (C=O) groups excluding carboxylic acids is 2. The van der Waals surface area contributed by atoms with Gasteiger partial charge in [-0.3, -0.25) is 13.9 Å². The fourth-order valence-corrected chi connectivity index (χ4v) is 7.10. The molecule has 1 aliphatic rings. The Kier molecular flexibility index (Phi) is 10.3. The van der Waals surface area contributed by atoms with Crippen molar-refractivity contribution in [3.8, 4) is 0 Å². The lowest BCUT2D eigenvalue weighted by Crippen LogP contribution is -2.53. The molecule has 218 valence electrons. The lowest BCUT2D eigenvalue weighted by atomic mass is 9.95. The summed E-state index contributed by atoms with van der Waals surface area (Å²) < 4.78 is 28.9. The molecule has 1 saturated carbocycles. The molecule has 3 aromatic rings. The van der Waals surface area contributed by atoms with E-state index < -0.39 is 28.5 Å². The number of amides is 2. The van der Waals surface area contributed by atoms with Crippen LogP contribution in [0, 0.1) is 6.92 Å².